The lowest BCUT2D eigenvalue weighted by molar-refractivity contribution is -0.870. The quantitative estimate of drug-likeness (QED) is 0.0212. The zero-order chi connectivity index (χ0) is 66.3. The van der Waals surface area contributed by atoms with Gasteiger partial charge in [-0.1, -0.05) is 364 Å². The fourth-order valence-corrected chi connectivity index (χ4v) is 12.6. The summed E-state index contributed by atoms with van der Waals surface area (Å²) in [5.74, 6) is -0.529. The highest BCUT2D eigenvalue weighted by atomic mass is 31.2. The summed E-state index contributed by atoms with van der Waals surface area (Å²) in [5.41, 5.74) is 0. The second kappa shape index (κ2) is 70.5. The maximum absolute atomic E-state index is 13.7. The summed E-state index contributed by atoms with van der Waals surface area (Å²) < 4.78 is 30.6. The van der Waals surface area contributed by atoms with Gasteiger partial charge in [0.1, 0.15) is 19.3 Å². The molecule has 0 heterocycles. The van der Waals surface area contributed by atoms with Gasteiger partial charge in [0.15, 0.2) is 0 Å². The summed E-state index contributed by atoms with van der Waals surface area (Å²) in [4.78, 5) is 40.3. The molecule has 1 amide bonds. The van der Waals surface area contributed by atoms with Crippen molar-refractivity contribution in [3.63, 3.8) is 0 Å². The number of allylic oxidation sites excluding steroid dienone is 9. The van der Waals surface area contributed by atoms with Crippen molar-refractivity contribution in [3.05, 3.63) is 60.8 Å². The Labute approximate surface area is 566 Å². The lowest BCUT2D eigenvalue weighted by Crippen LogP contribution is -2.47. The van der Waals surface area contributed by atoms with E-state index in [1.807, 2.05) is 33.3 Å². The number of amides is 1. The van der Waals surface area contributed by atoms with Crippen molar-refractivity contribution in [2.75, 3.05) is 40.9 Å². The first-order valence-corrected chi connectivity index (χ1v) is 41.1. The van der Waals surface area contributed by atoms with Gasteiger partial charge < -0.3 is 28.5 Å². The van der Waals surface area contributed by atoms with Gasteiger partial charge in [0.05, 0.1) is 33.8 Å². The van der Waals surface area contributed by atoms with Crippen LogP contribution in [0.1, 0.15) is 393 Å². The number of unbranched alkanes of at least 4 members (excludes halogenated alkanes) is 49. The van der Waals surface area contributed by atoms with Crippen molar-refractivity contribution < 1.29 is 37.3 Å². The molecule has 0 aliphatic carbocycles. The van der Waals surface area contributed by atoms with Crippen LogP contribution in [-0.4, -0.2) is 69.4 Å². The third-order valence-electron chi connectivity index (χ3n) is 18.0. The average molecular weight is 1300 g/mol. The van der Waals surface area contributed by atoms with Crippen LogP contribution in [0.5, 0.6) is 0 Å². The van der Waals surface area contributed by atoms with Crippen LogP contribution in [-0.2, 0) is 27.9 Å². The molecule has 0 spiro atoms. The second-order valence-corrected chi connectivity index (χ2v) is 29.6. The van der Waals surface area contributed by atoms with E-state index in [0.717, 1.165) is 89.9 Å². The van der Waals surface area contributed by atoms with E-state index in [4.69, 9.17) is 13.8 Å². The number of esters is 1. The van der Waals surface area contributed by atoms with E-state index < -0.39 is 20.0 Å². The predicted octanol–water partition coefficient (Wildman–Crippen LogP) is 25.1. The van der Waals surface area contributed by atoms with Crippen molar-refractivity contribution in [3.8, 4) is 0 Å². The summed E-state index contributed by atoms with van der Waals surface area (Å²) in [6.45, 7) is 6.88. The fourth-order valence-electron chi connectivity index (χ4n) is 11.9. The molecule has 0 saturated carbocycles. The first-order chi connectivity index (χ1) is 44.4. The van der Waals surface area contributed by atoms with Crippen LogP contribution >= 0.6 is 7.82 Å². The number of carbonyl (C=O) groups is 2. The highest BCUT2D eigenvalue weighted by molar-refractivity contribution is 7.45. The minimum atomic E-state index is -4.71. The first kappa shape index (κ1) is 88.7. The van der Waals surface area contributed by atoms with Crippen LogP contribution in [0, 0.1) is 0 Å². The van der Waals surface area contributed by atoms with E-state index >= 15 is 0 Å². The van der Waals surface area contributed by atoms with Crippen molar-refractivity contribution in [1.82, 2.24) is 5.32 Å². The van der Waals surface area contributed by atoms with Gasteiger partial charge in [-0.2, -0.15) is 0 Å². The van der Waals surface area contributed by atoms with Gasteiger partial charge >= 0.3 is 5.97 Å². The Hall–Kier alpha value is -2.29. The second-order valence-electron chi connectivity index (χ2n) is 28.2. The Balaban J connectivity index is 4.97. The van der Waals surface area contributed by atoms with E-state index in [1.54, 1.807) is 0 Å². The van der Waals surface area contributed by atoms with E-state index in [2.05, 4.69) is 74.7 Å². The van der Waals surface area contributed by atoms with Crippen LogP contribution in [0.15, 0.2) is 60.8 Å². The number of ether oxygens (including phenoxy) is 1. The number of carbonyl (C=O) groups excluding carboxylic acids is 2. The Morgan fingerprint density at radius 3 is 1.02 bits per heavy atom. The Kier molecular flexibility index (Phi) is 68.7. The molecule has 3 unspecified atom stereocenters. The third-order valence-corrected chi connectivity index (χ3v) is 18.9. The number of quaternary nitrogens is 1. The lowest BCUT2D eigenvalue weighted by atomic mass is 10.0. The molecule has 0 aromatic rings. The standard InChI is InChI=1S/C81H153N2O7P/c1-7-10-13-16-19-22-25-28-30-32-34-36-38-40-41-43-44-46-48-50-52-55-58-61-64-67-70-73-80(84)82-78(77-89-91(86,87)88-76-75-83(4,5)6)79(72-69-66-63-60-57-54-27-24-21-18-15-12-9-3)90-81(85)74-71-68-65-62-59-56-53-51-49-47-45-42-39-37-35-33-31-29-26-23-20-17-14-11-8-2/h20,23,29,31,35,37,42,45,69,72,78-79H,7-19,21-22,24-28,30,32-34,36,38-41,43-44,46-68,70-71,73-77H2,1-6H3,(H-,82,84,86,87)/b23-20-,31-29-,37-35-,45-42-,72-69+. The van der Waals surface area contributed by atoms with Crippen molar-refractivity contribution in [1.29, 1.82) is 0 Å². The minimum absolute atomic E-state index is 0.0223. The Morgan fingerprint density at radius 1 is 0.385 bits per heavy atom. The van der Waals surface area contributed by atoms with Crippen molar-refractivity contribution >= 4 is 19.7 Å². The number of hydrogen-bond donors (Lipinski definition) is 1. The number of nitrogens with one attached hydrogen (secondary N) is 1. The molecule has 0 bridgehead atoms. The van der Waals surface area contributed by atoms with Gasteiger partial charge in [-0.15, -0.1) is 0 Å². The van der Waals surface area contributed by atoms with Gasteiger partial charge in [-0.05, 0) is 76.7 Å². The number of nitrogens with zero attached hydrogens (tertiary/aromatic N) is 1. The first-order valence-electron chi connectivity index (χ1n) is 39.6. The predicted molar refractivity (Wildman–Crippen MR) is 395 cm³/mol. The zero-order valence-corrected chi connectivity index (χ0v) is 62.2. The van der Waals surface area contributed by atoms with E-state index in [1.165, 1.54) is 270 Å². The van der Waals surface area contributed by atoms with Gasteiger partial charge in [-0.25, -0.2) is 0 Å². The highest BCUT2D eigenvalue weighted by Crippen LogP contribution is 2.38. The van der Waals surface area contributed by atoms with E-state index in [9.17, 15) is 19.0 Å². The molecule has 0 rings (SSSR count). The highest BCUT2D eigenvalue weighted by Gasteiger charge is 2.27. The molecule has 534 valence electrons. The summed E-state index contributed by atoms with van der Waals surface area (Å²) in [5, 5.41) is 3.06. The van der Waals surface area contributed by atoms with Gasteiger partial charge in [0, 0.05) is 12.8 Å². The van der Waals surface area contributed by atoms with E-state index in [0.29, 0.717) is 17.4 Å². The van der Waals surface area contributed by atoms with Crippen LogP contribution in [0.3, 0.4) is 0 Å². The van der Waals surface area contributed by atoms with Gasteiger partial charge in [0.2, 0.25) is 5.91 Å². The molecule has 3 atom stereocenters. The molecule has 91 heavy (non-hydrogen) atoms. The lowest BCUT2D eigenvalue weighted by Gasteiger charge is -2.30. The number of phosphoric acid groups is 1. The molecule has 9 nitrogen and oxygen atoms in total. The zero-order valence-electron chi connectivity index (χ0n) is 61.3. The average Bonchev–Trinajstić information content (AvgIpc) is 3.70. The summed E-state index contributed by atoms with van der Waals surface area (Å²) in [6, 6.07) is -0.892. The molecule has 0 aromatic carbocycles. The summed E-state index contributed by atoms with van der Waals surface area (Å²) in [7, 11) is 1.20. The monoisotopic (exact) mass is 1300 g/mol. The maximum Gasteiger partial charge on any atom is 0.306 e. The normalized spacial score (nSPS) is 13.7. The maximum atomic E-state index is 13.7. The Morgan fingerprint density at radius 2 is 0.670 bits per heavy atom. The SMILES string of the molecule is CCCCC/C=C\C/C=C\C/C=C\C/C=C\CCCCCCCCCCCC(=O)OC(/C=C/CCCCCCCCCCCCC)C(COP(=O)([O-])OCC[N+](C)(C)C)NC(=O)CCCCCCCCCCCCCCCCCCCCCCCCCCCCC. The molecule has 0 radical (unpaired) electrons. The van der Waals surface area contributed by atoms with Gasteiger partial charge in [0.25, 0.3) is 7.82 Å². The number of rotatable bonds is 73. The molecule has 0 aliphatic rings. The topological polar surface area (TPSA) is 114 Å². The number of likely N-dealkylation sites (N-methyl/N-ethyl adjacent to an activating group) is 1. The molecule has 0 aliphatic heterocycles. The third kappa shape index (κ3) is 71.8. The fraction of sp³-hybridized carbons (Fsp3) is 0.852. The molecule has 1 N–H and O–H groups in total. The van der Waals surface area contributed by atoms with Gasteiger partial charge in [-0.3, -0.25) is 14.2 Å². The smallest absolute Gasteiger partial charge is 0.306 e. The van der Waals surface area contributed by atoms with Crippen molar-refractivity contribution in [2.24, 2.45) is 0 Å². The number of hydrogen-bond acceptors (Lipinski definition) is 7. The van der Waals surface area contributed by atoms with Crippen LogP contribution < -0.4 is 10.2 Å². The van der Waals surface area contributed by atoms with E-state index in [-0.39, 0.29) is 31.5 Å². The number of phosphoric ester groups is 1. The minimum Gasteiger partial charge on any atom is -0.756 e. The van der Waals surface area contributed by atoms with Crippen molar-refractivity contribution in [2.45, 2.75) is 405 Å². The molecule has 0 saturated heterocycles. The largest absolute Gasteiger partial charge is 0.756 e. The van der Waals surface area contributed by atoms with Crippen LogP contribution in [0.25, 0.3) is 0 Å². The summed E-state index contributed by atoms with van der Waals surface area (Å²) in [6.07, 6.45) is 92.2. The molecular weight excluding hydrogens is 1140 g/mol. The Bertz CT molecular complexity index is 1740. The van der Waals surface area contributed by atoms with Crippen LogP contribution in [0.4, 0.5) is 0 Å². The molecule has 0 fully saturated rings. The summed E-state index contributed by atoms with van der Waals surface area (Å²) >= 11 is 0. The molecule has 10 heteroatoms. The van der Waals surface area contributed by atoms with Crippen LogP contribution in [0.2, 0.25) is 0 Å². The molecular formula is C81H153N2O7P. The molecule has 0 aromatic heterocycles.